The van der Waals surface area contributed by atoms with Gasteiger partial charge in [0.25, 0.3) is 5.56 Å². The second-order valence-electron chi connectivity index (χ2n) is 8.02. The predicted molar refractivity (Wildman–Crippen MR) is 125 cm³/mol. The minimum atomic E-state index is -0.121. The molecule has 0 unspecified atom stereocenters. The van der Waals surface area contributed by atoms with E-state index < -0.39 is 0 Å². The number of anilines is 2. The monoisotopic (exact) mass is 421 g/mol. The largest absolute Gasteiger partial charge is 0.368 e. The van der Waals surface area contributed by atoms with E-state index in [0.717, 1.165) is 25.2 Å². The Kier molecular flexibility index (Phi) is 6.79. The second kappa shape index (κ2) is 9.89. The van der Waals surface area contributed by atoms with Crippen molar-refractivity contribution in [2.45, 2.75) is 32.9 Å². The number of likely N-dealkylation sites (tertiary alicyclic amines) is 1. The van der Waals surface area contributed by atoms with Crippen molar-refractivity contribution >= 4 is 22.7 Å². The van der Waals surface area contributed by atoms with E-state index in [0.29, 0.717) is 29.8 Å². The maximum atomic E-state index is 13.2. The first-order chi connectivity index (χ1) is 15.1. The predicted octanol–water partition coefficient (Wildman–Crippen LogP) is 2.04. The lowest BCUT2D eigenvalue weighted by molar-refractivity contribution is 0.331. The topological polar surface area (TPSA) is 101 Å². The van der Waals surface area contributed by atoms with E-state index in [1.807, 2.05) is 6.07 Å². The Labute approximate surface area is 182 Å². The molecule has 1 saturated heterocycles. The number of nitrogens with two attached hydrogens (primary N) is 1. The van der Waals surface area contributed by atoms with Crippen molar-refractivity contribution in [3.63, 3.8) is 0 Å². The number of hydrogen-bond acceptors (Lipinski definition) is 7. The van der Waals surface area contributed by atoms with Gasteiger partial charge < -0.3 is 20.9 Å². The van der Waals surface area contributed by atoms with Gasteiger partial charge in [0.15, 0.2) is 0 Å². The van der Waals surface area contributed by atoms with Gasteiger partial charge in [-0.3, -0.25) is 9.69 Å². The SMILES string of the molecule is CCNCCNc1nc(N)nc2ccn(Cc3ccc(CN4CCCC4)cc3)c(=O)c12. The summed E-state index contributed by atoms with van der Waals surface area (Å²) in [5.74, 6) is 0.643. The molecule has 0 spiro atoms. The Bertz CT molecular complexity index is 1070. The Morgan fingerprint density at radius 1 is 1.00 bits per heavy atom. The van der Waals surface area contributed by atoms with Crippen molar-refractivity contribution in [1.82, 2.24) is 24.8 Å². The number of aromatic nitrogens is 3. The molecule has 0 bridgehead atoms. The molecule has 4 N–H and O–H groups in total. The van der Waals surface area contributed by atoms with Crippen LogP contribution in [0.4, 0.5) is 11.8 Å². The number of rotatable bonds is 9. The number of likely N-dealkylation sites (N-methyl/N-ethyl adjacent to an activating group) is 1. The van der Waals surface area contributed by atoms with Crippen LogP contribution in [-0.4, -0.2) is 52.2 Å². The van der Waals surface area contributed by atoms with Crippen LogP contribution in [0.1, 0.15) is 30.9 Å². The highest BCUT2D eigenvalue weighted by atomic mass is 16.1. The number of nitrogen functional groups attached to an aromatic ring is 1. The van der Waals surface area contributed by atoms with E-state index in [4.69, 9.17) is 5.73 Å². The van der Waals surface area contributed by atoms with Crippen LogP contribution in [-0.2, 0) is 13.1 Å². The van der Waals surface area contributed by atoms with Crippen molar-refractivity contribution in [2.24, 2.45) is 0 Å². The van der Waals surface area contributed by atoms with Crippen molar-refractivity contribution in [1.29, 1.82) is 0 Å². The highest BCUT2D eigenvalue weighted by molar-refractivity contribution is 5.89. The van der Waals surface area contributed by atoms with Crippen LogP contribution in [0.5, 0.6) is 0 Å². The molecular formula is C23H31N7O. The molecule has 0 aliphatic carbocycles. The van der Waals surface area contributed by atoms with Crippen LogP contribution in [0.3, 0.4) is 0 Å². The third kappa shape index (κ3) is 5.21. The van der Waals surface area contributed by atoms with Crippen LogP contribution in [0, 0.1) is 0 Å². The van der Waals surface area contributed by atoms with E-state index >= 15 is 0 Å². The molecule has 1 fully saturated rings. The summed E-state index contributed by atoms with van der Waals surface area (Å²) in [5.41, 5.74) is 8.68. The van der Waals surface area contributed by atoms with Crippen LogP contribution in [0.15, 0.2) is 41.3 Å². The molecule has 0 amide bonds. The summed E-state index contributed by atoms with van der Waals surface area (Å²) in [6.45, 7) is 8.22. The molecule has 31 heavy (non-hydrogen) atoms. The van der Waals surface area contributed by atoms with Gasteiger partial charge in [0.1, 0.15) is 11.2 Å². The number of hydrogen-bond donors (Lipinski definition) is 3. The van der Waals surface area contributed by atoms with Gasteiger partial charge in [0.2, 0.25) is 5.95 Å². The van der Waals surface area contributed by atoms with Gasteiger partial charge in [-0.15, -0.1) is 0 Å². The first-order valence-corrected chi connectivity index (χ1v) is 11.1. The summed E-state index contributed by atoms with van der Waals surface area (Å²) in [6, 6.07) is 10.4. The summed E-state index contributed by atoms with van der Waals surface area (Å²) >= 11 is 0. The third-order valence-electron chi connectivity index (χ3n) is 5.67. The molecule has 164 valence electrons. The Hall–Kier alpha value is -2.97. The van der Waals surface area contributed by atoms with Crippen LogP contribution in [0.25, 0.3) is 10.9 Å². The molecule has 0 radical (unpaired) electrons. The average molecular weight is 422 g/mol. The maximum absolute atomic E-state index is 13.2. The van der Waals surface area contributed by atoms with Crippen LogP contribution in [0.2, 0.25) is 0 Å². The van der Waals surface area contributed by atoms with E-state index in [-0.39, 0.29) is 11.5 Å². The Morgan fingerprint density at radius 3 is 2.42 bits per heavy atom. The average Bonchev–Trinajstić information content (AvgIpc) is 3.27. The van der Waals surface area contributed by atoms with Crippen molar-refractivity contribution in [2.75, 3.05) is 43.8 Å². The van der Waals surface area contributed by atoms with Crippen molar-refractivity contribution < 1.29 is 0 Å². The Balaban J connectivity index is 1.54. The fourth-order valence-corrected chi connectivity index (χ4v) is 4.04. The lowest BCUT2D eigenvalue weighted by Crippen LogP contribution is -2.25. The van der Waals surface area contributed by atoms with Gasteiger partial charge in [-0.05, 0) is 49.7 Å². The van der Waals surface area contributed by atoms with Gasteiger partial charge in [-0.25, -0.2) is 4.98 Å². The highest BCUT2D eigenvalue weighted by Gasteiger charge is 2.13. The fraction of sp³-hybridized carbons (Fsp3) is 0.435. The van der Waals surface area contributed by atoms with Crippen LogP contribution >= 0.6 is 0 Å². The van der Waals surface area contributed by atoms with E-state index in [2.05, 4.69) is 56.7 Å². The van der Waals surface area contributed by atoms with Gasteiger partial charge >= 0.3 is 0 Å². The molecule has 1 aliphatic rings. The fourth-order valence-electron chi connectivity index (χ4n) is 4.04. The molecule has 2 aromatic heterocycles. The normalized spacial score (nSPS) is 14.4. The zero-order chi connectivity index (χ0) is 21.6. The molecule has 3 aromatic rings. The number of fused-ring (bicyclic) bond motifs is 1. The maximum Gasteiger partial charge on any atom is 0.264 e. The molecule has 8 heteroatoms. The smallest absolute Gasteiger partial charge is 0.264 e. The first-order valence-electron chi connectivity index (χ1n) is 11.1. The van der Waals surface area contributed by atoms with Gasteiger partial charge in [-0.1, -0.05) is 31.2 Å². The third-order valence-corrected chi connectivity index (χ3v) is 5.67. The molecule has 8 nitrogen and oxygen atoms in total. The lowest BCUT2D eigenvalue weighted by Gasteiger charge is -2.15. The molecule has 3 heterocycles. The minimum absolute atomic E-state index is 0.121. The minimum Gasteiger partial charge on any atom is -0.368 e. The number of benzene rings is 1. The lowest BCUT2D eigenvalue weighted by atomic mass is 10.1. The molecular weight excluding hydrogens is 390 g/mol. The number of nitrogens with zero attached hydrogens (tertiary/aromatic N) is 4. The summed E-state index contributed by atoms with van der Waals surface area (Å²) in [4.78, 5) is 24.2. The van der Waals surface area contributed by atoms with Gasteiger partial charge in [-0.2, -0.15) is 4.98 Å². The zero-order valence-corrected chi connectivity index (χ0v) is 18.1. The summed E-state index contributed by atoms with van der Waals surface area (Å²) in [7, 11) is 0. The van der Waals surface area contributed by atoms with E-state index in [1.54, 1.807) is 10.8 Å². The highest BCUT2D eigenvalue weighted by Crippen LogP contribution is 2.18. The number of pyridine rings is 1. The second-order valence-corrected chi connectivity index (χ2v) is 8.02. The number of nitrogens with one attached hydrogen (secondary N) is 2. The van der Waals surface area contributed by atoms with Crippen molar-refractivity contribution in [3.05, 3.63) is 58.0 Å². The zero-order valence-electron chi connectivity index (χ0n) is 18.1. The Morgan fingerprint density at radius 2 is 1.71 bits per heavy atom. The van der Waals surface area contributed by atoms with Crippen LogP contribution < -0.4 is 21.9 Å². The van der Waals surface area contributed by atoms with E-state index in [9.17, 15) is 4.79 Å². The first kappa shape index (κ1) is 21.3. The summed E-state index contributed by atoms with van der Waals surface area (Å²) in [5, 5.41) is 6.94. The summed E-state index contributed by atoms with van der Waals surface area (Å²) in [6.07, 6.45) is 4.37. The molecule has 0 atom stereocenters. The molecule has 1 aliphatic heterocycles. The van der Waals surface area contributed by atoms with Gasteiger partial charge in [0, 0.05) is 25.8 Å². The van der Waals surface area contributed by atoms with E-state index in [1.165, 1.54) is 31.5 Å². The molecule has 0 saturated carbocycles. The molecule has 1 aromatic carbocycles. The van der Waals surface area contributed by atoms with Crippen molar-refractivity contribution in [3.8, 4) is 0 Å². The van der Waals surface area contributed by atoms with Gasteiger partial charge in [0.05, 0.1) is 12.1 Å². The summed E-state index contributed by atoms with van der Waals surface area (Å²) < 4.78 is 1.70. The standard InChI is InChI=1S/C23H31N7O/c1-2-25-10-11-26-21-20-19(27-23(24)28-21)9-14-30(22(20)31)16-18-7-5-17(6-8-18)15-29-12-3-4-13-29/h5-9,14,25H,2-4,10-13,15-16H2,1H3,(H3,24,26,27,28). The quantitative estimate of drug-likeness (QED) is 0.455. The molecule has 4 rings (SSSR count).